The Morgan fingerprint density at radius 1 is 1.32 bits per heavy atom. The molecular formula is C13H17NO4S. The van der Waals surface area contributed by atoms with Crippen molar-refractivity contribution in [1.29, 1.82) is 0 Å². The number of rotatable bonds is 6. The van der Waals surface area contributed by atoms with Crippen molar-refractivity contribution in [2.24, 2.45) is 0 Å². The topological polar surface area (TPSA) is 74.7 Å². The van der Waals surface area contributed by atoms with Crippen LogP contribution < -0.4 is 0 Å². The van der Waals surface area contributed by atoms with Crippen LogP contribution in [0.4, 0.5) is 0 Å². The maximum absolute atomic E-state index is 11.8. The van der Waals surface area contributed by atoms with Gasteiger partial charge in [0, 0.05) is 13.1 Å². The summed E-state index contributed by atoms with van der Waals surface area (Å²) in [6, 6.07) is 9.54. The fraction of sp³-hybridized carbons (Fsp3) is 0.308. The molecule has 1 N–H and O–H groups in total. The van der Waals surface area contributed by atoms with Gasteiger partial charge in [0.2, 0.25) is 0 Å². The van der Waals surface area contributed by atoms with Crippen molar-refractivity contribution < 1.29 is 17.8 Å². The first-order valence-electron chi connectivity index (χ1n) is 5.86. The predicted molar refractivity (Wildman–Crippen MR) is 73.1 cm³/mol. The maximum atomic E-state index is 11.8. The van der Waals surface area contributed by atoms with Crippen molar-refractivity contribution in [2.45, 2.75) is 13.3 Å². The van der Waals surface area contributed by atoms with Crippen LogP contribution in [0.2, 0.25) is 0 Å². The predicted octanol–water partition coefficient (Wildman–Crippen LogP) is 1.48. The van der Waals surface area contributed by atoms with E-state index in [9.17, 15) is 13.2 Å². The van der Waals surface area contributed by atoms with E-state index in [2.05, 4.69) is 6.58 Å². The van der Waals surface area contributed by atoms with Gasteiger partial charge in [-0.1, -0.05) is 36.9 Å². The summed E-state index contributed by atoms with van der Waals surface area (Å²) in [7, 11) is -4.53. The summed E-state index contributed by atoms with van der Waals surface area (Å²) in [5, 5.41) is 0. The van der Waals surface area contributed by atoms with Gasteiger partial charge in [-0.3, -0.25) is 9.35 Å². The summed E-state index contributed by atoms with van der Waals surface area (Å²) < 4.78 is 30.6. The molecule has 0 saturated carbocycles. The summed E-state index contributed by atoms with van der Waals surface area (Å²) >= 11 is 0. The van der Waals surface area contributed by atoms with Crippen molar-refractivity contribution in [3.63, 3.8) is 0 Å². The van der Waals surface area contributed by atoms with E-state index < -0.39 is 20.9 Å². The monoisotopic (exact) mass is 283 g/mol. The Bertz CT molecular complexity index is 551. The highest BCUT2D eigenvalue weighted by molar-refractivity contribution is 7.90. The Labute approximate surface area is 113 Å². The smallest absolute Gasteiger partial charge is 0.299 e. The number of likely N-dealkylation sites (N-methyl/N-ethyl adjacent to an activating group) is 1. The Balaban J connectivity index is 2.69. The van der Waals surface area contributed by atoms with Crippen LogP contribution in [0.3, 0.4) is 0 Å². The minimum absolute atomic E-state index is 0.347. The lowest BCUT2D eigenvalue weighted by molar-refractivity contribution is -0.126. The van der Waals surface area contributed by atoms with Gasteiger partial charge in [0.1, 0.15) is 0 Å². The molecule has 0 heterocycles. The molecule has 0 fully saturated rings. The standard InChI is InChI=1S/C13H17NO4S/c1-3-14(13(15)11(2)19(16,17)18)10-9-12-7-5-4-6-8-12/h4-8H,2-3,9-10H2,1H3,(H,16,17,18). The van der Waals surface area contributed by atoms with Crippen LogP contribution in [0.25, 0.3) is 0 Å². The van der Waals surface area contributed by atoms with E-state index in [1.807, 2.05) is 30.3 Å². The summed E-state index contributed by atoms with van der Waals surface area (Å²) in [5.41, 5.74) is 1.05. The van der Waals surface area contributed by atoms with Gasteiger partial charge in [-0.05, 0) is 18.9 Å². The van der Waals surface area contributed by atoms with Gasteiger partial charge in [-0.25, -0.2) is 0 Å². The van der Waals surface area contributed by atoms with Gasteiger partial charge >= 0.3 is 0 Å². The van der Waals surface area contributed by atoms with Gasteiger partial charge in [-0.2, -0.15) is 8.42 Å². The van der Waals surface area contributed by atoms with Crippen molar-refractivity contribution >= 4 is 16.0 Å². The molecule has 6 heteroatoms. The van der Waals surface area contributed by atoms with Crippen LogP contribution in [-0.4, -0.2) is 36.9 Å². The van der Waals surface area contributed by atoms with E-state index in [1.54, 1.807) is 6.92 Å². The van der Waals surface area contributed by atoms with E-state index in [4.69, 9.17) is 4.55 Å². The van der Waals surface area contributed by atoms with Crippen LogP contribution in [0, 0.1) is 0 Å². The van der Waals surface area contributed by atoms with E-state index in [-0.39, 0.29) is 0 Å². The van der Waals surface area contributed by atoms with Crippen molar-refractivity contribution in [3.05, 3.63) is 47.4 Å². The molecule has 1 aromatic rings. The first kappa shape index (κ1) is 15.4. The maximum Gasteiger partial charge on any atom is 0.299 e. The normalized spacial score (nSPS) is 11.1. The minimum atomic E-state index is -4.53. The Morgan fingerprint density at radius 2 is 1.89 bits per heavy atom. The number of carbonyl (C=O) groups excluding carboxylic acids is 1. The number of hydrogen-bond acceptors (Lipinski definition) is 3. The lowest BCUT2D eigenvalue weighted by Gasteiger charge is -2.20. The Morgan fingerprint density at radius 3 is 2.37 bits per heavy atom. The molecule has 0 aliphatic heterocycles. The number of nitrogens with zero attached hydrogens (tertiary/aromatic N) is 1. The lowest BCUT2D eigenvalue weighted by Crippen LogP contribution is -2.35. The van der Waals surface area contributed by atoms with Crippen molar-refractivity contribution in [3.8, 4) is 0 Å². The molecule has 0 bridgehead atoms. The molecule has 0 aromatic heterocycles. The molecule has 104 valence electrons. The number of carbonyl (C=O) groups is 1. The quantitative estimate of drug-likeness (QED) is 0.634. The molecule has 1 rings (SSSR count). The molecule has 0 aliphatic rings. The summed E-state index contributed by atoms with van der Waals surface area (Å²) in [6.45, 7) is 5.57. The number of hydrogen-bond donors (Lipinski definition) is 1. The first-order valence-corrected chi connectivity index (χ1v) is 7.30. The average molecular weight is 283 g/mol. The zero-order valence-corrected chi connectivity index (χ0v) is 11.6. The largest absolute Gasteiger partial charge is 0.338 e. The van der Waals surface area contributed by atoms with E-state index in [1.165, 1.54) is 4.90 Å². The van der Waals surface area contributed by atoms with Crippen LogP contribution in [0.5, 0.6) is 0 Å². The fourth-order valence-corrected chi connectivity index (χ4v) is 1.95. The molecule has 1 amide bonds. The van der Waals surface area contributed by atoms with Crippen molar-refractivity contribution in [1.82, 2.24) is 4.90 Å². The summed E-state index contributed by atoms with van der Waals surface area (Å²) in [5.74, 6) is -0.763. The molecule has 0 spiro atoms. The molecular weight excluding hydrogens is 266 g/mol. The van der Waals surface area contributed by atoms with Gasteiger partial charge in [0.15, 0.2) is 4.91 Å². The molecule has 5 nitrogen and oxygen atoms in total. The second-order valence-electron chi connectivity index (χ2n) is 4.02. The van der Waals surface area contributed by atoms with E-state index in [0.717, 1.165) is 5.56 Å². The van der Waals surface area contributed by atoms with Gasteiger partial charge < -0.3 is 4.90 Å². The highest BCUT2D eigenvalue weighted by atomic mass is 32.2. The highest BCUT2D eigenvalue weighted by Crippen LogP contribution is 2.08. The van der Waals surface area contributed by atoms with Crippen LogP contribution in [0.1, 0.15) is 12.5 Å². The molecule has 0 aliphatic carbocycles. The third kappa shape index (κ3) is 4.50. The zero-order chi connectivity index (χ0) is 14.5. The van der Waals surface area contributed by atoms with E-state index in [0.29, 0.717) is 19.5 Å². The average Bonchev–Trinajstić information content (AvgIpc) is 2.38. The van der Waals surface area contributed by atoms with Crippen LogP contribution >= 0.6 is 0 Å². The number of benzene rings is 1. The van der Waals surface area contributed by atoms with Crippen LogP contribution in [-0.2, 0) is 21.3 Å². The fourth-order valence-electron chi connectivity index (χ4n) is 1.60. The summed E-state index contributed by atoms with van der Waals surface area (Å²) in [6.07, 6.45) is 0.610. The van der Waals surface area contributed by atoms with Gasteiger partial charge in [0.25, 0.3) is 16.0 Å². The minimum Gasteiger partial charge on any atom is -0.338 e. The van der Waals surface area contributed by atoms with Crippen LogP contribution in [0.15, 0.2) is 41.8 Å². The van der Waals surface area contributed by atoms with Gasteiger partial charge in [0.05, 0.1) is 0 Å². The molecule has 0 radical (unpaired) electrons. The van der Waals surface area contributed by atoms with Gasteiger partial charge in [-0.15, -0.1) is 0 Å². The van der Waals surface area contributed by atoms with Crippen molar-refractivity contribution in [2.75, 3.05) is 13.1 Å². The SMILES string of the molecule is C=C(C(=O)N(CC)CCc1ccccc1)S(=O)(=O)O. The second-order valence-corrected chi connectivity index (χ2v) is 5.46. The lowest BCUT2D eigenvalue weighted by atomic mass is 10.1. The molecule has 1 aromatic carbocycles. The number of amides is 1. The Hall–Kier alpha value is -1.66. The summed E-state index contributed by atoms with van der Waals surface area (Å²) in [4.78, 5) is 12.4. The molecule has 0 saturated heterocycles. The van der Waals surface area contributed by atoms with E-state index >= 15 is 0 Å². The first-order chi connectivity index (χ1) is 8.86. The second kappa shape index (κ2) is 6.49. The Kier molecular flexibility index (Phi) is 5.26. The molecule has 0 unspecified atom stereocenters. The zero-order valence-electron chi connectivity index (χ0n) is 10.7. The molecule has 19 heavy (non-hydrogen) atoms. The highest BCUT2D eigenvalue weighted by Gasteiger charge is 2.24. The third-order valence-electron chi connectivity index (χ3n) is 2.73. The molecule has 0 atom stereocenters. The third-order valence-corrected chi connectivity index (χ3v) is 3.53.